The maximum atomic E-state index is 9.14. The summed E-state index contributed by atoms with van der Waals surface area (Å²) < 4.78 is 0. The third-order valence-electron chi connectivity index (χ3n) is 1.73. The summed E-state index contributed by atoms with van der Waals surface area (Å²) in [7, 11) is 0. The lowest BCUT2D eigenvalue weighted by Crippen LogP contribution is -2.08. The highest BCUT2D eigenvalue weighted by Crippen LogP contribution is 2.02. The summed E-state index contributed by atoms with van der Waals surface area (Å²) in [6, 6.07) is 0. The molecule has 0 aromatic heterocycles. The average Bonchev–Trinajstić information content (AvgIpc) is 2.03. The Kier molecular flexibility index (Phi) is 3.59. The van der Waals surface area contributed by atoms with Crippen LogP contribution in [0, 0.1) is 0 Å². The van der Waals surface area contributed by atoms with Crippen LogP contribution in [0.3, 0.4) is 0 Å². The highest BCUT2D eigenvalue weighted by Gasteiger charge is 1.90. The van der Waals surface area contributed by atoms with E-state index < -0.39 is 0 Å². The first-order chi connectivity index (χ1) is 5.39. The molecule has 0 aromatic carbocycles. The van der Waals surface area contributed by atoms with E-state index in [4.69, 9.17) is 5.11 Å². The van der Waals surface area contributed by atoms with Crippen molar-refractivity contribution < 1.29 is 5.11 Å². The van der Waals surface area contributed by atoms with Crippen LogP contribution in [0.2, 0.25) is 0 Å². The molecule has 2 N–H and O–H groups in total. The molecule has 0 unspecified atom stereocenters. The summed E-state index contributed by atoms with van der Waals surface area (Å²) in [6.45, 7) is 0.970. The number of hydrogen-bond acceptors (Lipinski definition) is 2. The fraction of sp³-hybridized carbons (Fsp3) is 0.556. The molecule has 0 aromatic rings. The molecule has 0 aliphatic carbocycles. The van der Waals surface area contributed by atoms with E-state index in [9.17, 15) is 0 Å². The Morgan fingerprint density at radius 3 is 3.09 bits per heavy atom. The molecule has 0 spiro atoms. The van der Waals surface area contributed by atoms with Crippen LogP contribution in [-0.2, 0) is 0 Å². The zero-order chi connectivity index (χ0) is 7.94. The van der Waals surface area contributed by atoms with Gasteiger partial charge < -0.3 is 10.4 Å². The van der Waals surface area contributed by atoms with Crippen molar-refractivity contribution in [3.63, 3.8) is 0 Å². The molecule has 0 radical (unpaired) electrons. The first-order valence-electron chi connectivity index (χ1n) is 4.18. The van der Waals surface area contributed by atoms with Gasteiger partial charge in [-0.15, -0.1) is 0 Å². The van der Waals surface area contributed by atoms with E-state index in [1.165, 1.54) is 19.3 Å². The second kappa shape index (κ2) is 4.83. The molecule has 2 heteroatoms. The minimum absolute atomic E-state index is 0.326. The zero-order valence-corrected chi connectivity index (χ0v) is 6.71. The molecule has 62 valence electrons. The molecule has 0 amide bonds. The van der Waals surface area contributed by atoms with Crippen LogP contribution in [0.15, 0.2) is 24.1 Å². The van der Waals surface area contributed by atoms with E-state index in [1.54, 1.807) is 12.3 Å². The molecule has 0 saturated carbocycles. The Hall–Kier alpha value is -0.920. The van der Waals surface area contributed by atoms with Gasteiger partial charge in [0.15, 0.2) is 0 Å². The van der Waals surface area contributed by atoms with Crippen molar-refractivity contribution in [1.29, 1.82) is 0 Å². The second-order valence-corrected chi connectivity index (χ2v) is 2.78. The lowest BCUT2D eigenvalue weighted by atomic mass is 10.2. The SMILES string of the molecule is OC1=CNCCCCCC=C1. The summed E-state index contributed by atoms with van der Waals surface area (Å²) in [5, 5.41) is 12.2. The molecule has 11 heavy (non-hydrogen) atoms. The van der Waals surface area contributed by atoms with E-state index in [0.29, 0.717) is 5.76 Å². The first kappa shape index (κ1) is 8.18. The molecule has 2 nitrogen and oxygen atoms in total. The quantitative estimate of drug-likeness (QED) is 0.558. The molecule has 0 fully saturated rings. The van der Waals surface area contributed by atoms with Gasteiger partial charge in [0, 0.05) is 12.7 Å². The Balaban J connectivity index is 2.40. The van der Waals surface area contributed by atoms with Crippen LogP contribution in [-0.4, -0.2) is 11.7 Å². The number of nitrogens with one attached hydrogen (secondary N) is 1. The van der Waals surface area contributed by atoms with E-state index in [2.05, 4.69) is 5.32 Å². The Morgan fingerprint density at radius 1 is 1.27 bits per heavy atom. The third kappa shape index (κ3) is 3.71. The average molecular weight is 153 g/mol. The van der Waals surface area contributed by atoms with Gasteiger partial charge in [0.25, 0.3) is 0 Å². The van der Waals surface area contributed by atoms with Gasteiger partial charge in [-0.2, -0.15) is 0 Å². The topological polar surface area (TPSA) is 32.3 Å². The summed E-state index contributed by atoms with van der Waals surface area (Å²) >= 11 is 0. The first-order valence-corrected chi connectivity index (χ1v) is 4.18. The molecule has 0 atom stereocenters. The molecule has 1 aliphatic heterocycles. The number of allylic oxidation sites excluding steroid dienone is 2. The predicted molar refractivity (Wildman–Crippen MR) is 46.3 cm³/mol. The van der Waals surface area contributed by atoms with Gasteiger partial charge in [-0.05, 0) is 25.3 Å². The van der Waals surface area contributed by atoms with E-state index in [1.807, 2.05) is 6.08 Å². The molecule has 0 saturated heterocycles. The maximum absolute atomic E-state index is 9.14. The van der Waals surface area contributed by atoms with Gasteiger partial charge in [0.2, 0.25) is 0 Å². The van der Waals surface area contributed by atoms with Crippen LogP contribution in [0.5, 0.6) is 0 Å². The normalized spacial score (nSPS) is 20.2. The Labute approximate surface area is 67.6 Å². The van der Waals surface area contributed by atoms with Crippen molar-refractivity contribution >= 4 is 0 Å². The van der Waals surface area contributed by atoms with E-state index in [-0.39, 0.29) is 0 Å². The lowest BCUT2D eigenvalue weighted by molar-refractivity contribution is 0.425. The van der Waals surface area contributed by atoms with Crippen molar-refractivity contribution in [3.05, 3.63) is 24.1 Å². The van der Waals surface area contributed by atoms with Crippen LogP contribution in [0.1, 0.15) is 25.7 Å². The largest absolute Gasteiger partial charge is 0.506 e. The van der Waals surface area contributed by atoms with Crippen LogP contribution in [0.25, 0.3) is 0 Å². The molecule has 1 aliphatic rings. The lowest BCUT2D eigenvalue weighted by Gasteiger charge is -2.02. The molecule has 1 rings (SSSR count). The number of aliphatic hydroxyl groups excluding tert-OH is 1. The van der Waals surface area contributed by atoms with Gasteiger partial charge >= 0.3 is 0 Å². The van der Waals surface area contributed by atoms with Gasteiger partial charge in [-0.25, -0.2) is 0 Å². The minimum Gasteiger partial charge on any atom is -0.506 e. The standard InChI is InChI=1S/C9H15NO/c11-9-6-4-2-1-3-5-7-10-8-9/h4,6,8,10-11H,1-3,5,7H2. The summed E-state index contributed by atoms with van der Waals surface area (Å²) in [5.74, 6) is 0.326. The van der Waals surface area contributed by atoms with E-state index >= 15 is 0 Å². The highest BCUT2D eigenvalue weighted by molar-refractivity contribution is 5.09. The van der Waals surface area contributed by atoms with Crippen molar-refractivity contribution in [1.82, 2.24) is 5.32 Å². The number of rotatable bonds is 0. The van der Waals surface area contributed by atoms with Crippen molar-refractivity contribution in [2.45, 2.75) is 25.7 Å². The third-order valence-corrected chi connectivity index (χ3v) is 1.73. The molecular weight excluding hydrogens is 138 g/mol. The smallest absolute Gasteiger partial charge is 0.130 e. The fourth-order valence-corrected chi connectivity index (χ4v) is 1.09. The van der Waals surface area contributed by atoms with Crippen molar-refractivity contribution in [3.8, 4) is 0 Å². The molecule has 1 heterocycles. The van der Waals surface area contributed by atoms with Crippen LogP contribution >= 0.6 is 0 Å². The summed E-state index contributed by atoms with van der Waals surface area (Å²) in [4.78, 5) is 0. The minimum atomic E-state index is 0.326. The molecule has 0 bridgehead atoms. The van der Waals surface area contributed by atoms with Gasteiger partial charge in [0.05, 0.1) is 0 Å². The monoisotopic (exact) mass is 153 g/mol. The highest BCUT2D eigenvalue weighted by atomic mass is 16.3. The van der Waals surface area contributed by atoms with Gasteiger partial charge in [-0.3, -0.25) is 0 Å². The van der Waals surface area contributed by atoms with Crippen molar-refractivity contribution in [2.24, 2.45) is 0 Å². The van der Waals surface area contributed by atoms with Gasteiger partial charge in [-0.1, -0.05) is 12.5 Å². The Morgan fingerprint density at radius 2 is 2.18 bits per heavy atom. The van der Waals surface area contributed by atoms with Crippen LogP contribution < -0.4 is 5.32 Å². The maximum Gasteiger partial charge on any atom is 0.130 e. The van der Waals surface area contributed by atoms with Crippen molar-refractivity contribution in [2.75, 3.05) is 6.54 Å². The van der Waals surface area contributed by atoms with E-state index in [0.717, 1.165) is 13.0 Å². The summed E-state index contributed by atoms with van der Waals surface area (Å²) in [6.07, 6.45) is 10.2. The predicted octanol–water partition coefficient (Wildman–Crippen LogP) is 2.11. The van der Waals surface area contributed by atoms with Gasteiger partial charge in [0.1, 0.15) is 5.76 Å². The Bertz CT molecular complexity index is 161. The fourth-order valence-electron chi connectivity index (χ4n) is 1.09. The molecular formula is C9H15NO. The number of aliphatic hydroxyl groups is 1. The van der Waals surface area contributed by atoms with Crippen LogP contribution in [0.4, 0.5) is 0 Å². The number of hydrogen-bond donors (Lipinski definition) is 2. The summed E-state index contributed by atoms with van der Waals surface area (Å²) in [5.41, 5.74) is 0. The zero-order valence-electron chi connectivity index (χ0n) is 6.71. The second-order valence-electron chi connectivity index (χ2n) is 2.78.